The maximum atomic E-state index is 13.4. The summed E-state index contributed by atoms with van der Waals surface area (Å²) < 4.78 is 51.2. The normalized spacial score (nSPS) is 10.7. The van der Waals surface area contributed by atoms with E-state index < -0.39 is 28.4 Å². The minimum atomic E-state index is -4.01. The first-order valence-corrected chi connectivity index (χ1v) is 10.3. The quantitative estimate of drug-likeness (QED) is 0.560. The molecule has 2 aromatic carbocycles. The van der Waals surface area contributed by atoms with E-state index >= 15 is 0 Å². The number of hydrogen-bond donors (Lipinski definition) is 1. The summed E-state index contributed by atoms with van der Waals surface area (Å²) in [6, 6.07) is 15.9. The highest BCUT2D eigenvalue weighted by molar-refractivity contribution is 7.92. The molecule has 0 spiro atoms. The zero-order valence-electron chi connectivity index (χ0n) is 16.2. The van der Waals surface area contributed by atoms with Crippen LogP contribution in [-0.4, -0.2) is 33.1 Å². The van der Waals surface area contributed by atoms with E-state index in [0.29, 0.717) is 5.56 Å². The molecule has 1 heterocycles. The Labute approximate surface area is 177 Å². The number of esters is 1. The van der Waals surface area contributed by atoms with Crippen molar-refractivity contribution in [2.75, 3.05) is 18.4 Å². The molecule has 0 fully saturated rings. The van der Waals surface area contributed by atoms with Crippen molar-refractivity contribution in [1.29, 1.82) is 5.26 Å². The lowest BCUT2D eigenvalue weighted by molar-refractivity contribution is -0.143. The number of aromatic nitrogens is 1. The third kappa shape index (κ3) is 5.15. The van der Waals surface area contributed by atoms with Crippen LogP contribution in [0.15, 0.2) is 65.6 Å². The molecule has 1 N–H and O–H groups in total. The largest absolute Gasteiger partial charge is 0.466 e. The summed E-state index contributed by atoms with van der Waals surface area (Å²) in [5, 5.41) is 9.47. The van der Waals surface area contributed by atoms with Gasteiger partial charge in [-0.1, -0.05) is 18.2 Å². The average Bonchev–Trinajstić information content (AvgIpc) is 2.78. The molecule has 0 aliphatic rings. The van der Waals surface area contributed by atoms with Crippen LogP contribution in [0.2, 0.25) is 0 Å². The van der Waals surface area contributed by atoms with Crippen molar-refractivity contribution in [3.8, 4) is 23.2 Å². The van der Waals surface area contributed by atoms with Gasteiger partial charge in [-0.15, -0.1) is 0 Å². The van der Waals surface area contributed by atoms with Crippen molar-refractivity contribution in [1.82, 2.24) is 4.98 Å². The van der Waals surface area contributed by atoms with Crippen molar-refractivity contribution in [2.24, 2.45) is 0 Å². The first-order chi connectivity index (χ1) is 14.8. The number of nitrogens with one attached hydrogen (secondary N) is 1. The van der Waals surface area contributed by atoms with E-state index in [1.165, 1.54) is 49.6 Å². The second kappa shape index (κ2) is 9.23. The number of nitrogens with zero attached hydrogens (tertiary/aromatic N) is 2. The third-order valence-electron chi connectivity index (χ3n) is 4.08. The van der Waals surface area contributed by atoms with E-state index in [0.717, 1.165) is 0 Å². The van der Waals surface area contributed by atoms with Gasteiger partial charge in [0.2, 0.25) is 5.88 Å². The minimum Gasteiger partial charge on any atom is -0.466 e. The van der Waals surface area contributed by atoms with Gasteiger partial charge in [0, 0.05) is 5.56 Å². The Bertz CT molecular complexity index is 1240. The van der Waals surface area contributed by atoms with Crippen molar-refractivity contribution in [3.63, 3.8) is 0 Å². The van der Waals surface area contributed by atoms with E-state index in [1.54, 1.807) is 18.2 Å². The smallest absolute Gasteiger partial charge is 0.343 e. The van der Waals surface area contributed by atoms with Gasteiger partial charge in [0.15, 0.2) is 6.61 Å². The molecular weight excluding hydrogens is 425 g/mol. The summed E-state index contributed by atoms with van der Waals surface area (Å²) in [7, 11) is -2.83. The highest BCUT2D eigenvalue weighted by Gasteiger charge is 2.21. The first kappa shape index (κ1) is 21.7. The van der Waals surface area contributed by atoms with Gasteiger partial charge < -0.3 is 9.47 Å². The van der Waals surface area contributed by atoms with Crippen LogP contribution >= 0.6 is 0 Å². The number of methoxy groups -OCH3 is 1. The molecule has 0 unspecified atom stereocenters. The van der Waals surface area contributed by atoms with E-state index in [9.17, 15) is 22.9 Å². The molecule has 158 valence electrons. The topological polar surface area (TPSA) is 118 Å². The Hall–Kier alpha value is -3.97. The number of anilines is 1. The van der Waals surface area contributed by atoms with Crippen LogP contribution in [0.4, 0.5) is 10.1 Å². The lowest BCUT2D eigenvalue weighted by atomic mass is 10.1. The average molecular weight is 441 g/mol. The molecule has 3 rings (SSSR count). The molecular formula is C21H16FN3O5S. The number of rotatable bonds is 7. The molecule has 0 aliphatic heterocycles. The standard InChI is InChI=1S/C21H16FN3O5S/c1-29-19(26)13-30-21-15(12-23)11-18(20(24-21)14-7-9-16(22)10-8-14)25-31(27,28)17-5-3-2-4-6-17/h2-11,25H,13H2,1H3. The molecule has 0 aliphatic carbocycles. The van der Waals surface area contributed by atoms with Gasteiger partial charge in [-0.25, -0.2) is 22.6 Å². The number of carbonyl (C=O) groups excluding carboxylic acids is 1. The predicted molar refractivity (Wildman–Crippen MR) is 109 cm³/mol. The maximum absolute atomic E-state index is 13.4. The van der Waals surface area contributed by atoms with Crippen molar-refractivity contribution < 1.29 is 27.1 Å². The van der Waals surface area contributed by atoms with Crippen LogP contribution in [0, 0.1) is 17.1 Å². The van der Waals surface area contributed by atoms with Crippen molar-refractivity contribution in [2.45, 2.75) is 4.90 Å². The SMILES string of the molecule is COC(=O)COc1nc(-c2ccc(F)cc2)c(NS(=O)(=O)c2ccccc2)cc1C#N. The zero-order valence-corrected chi connectivity index (χ0v) is 17.0. The Morgan fingerprint density at radius 1 is 1.16 bits per heavy atom. The Morgan fingerprint density at radius 2 is 1.84 bits per heavy atom. The number of carbonyl (C=O) groups is 1. The van der Waals surface area contributed by atoms with Crippen LogP contribution in [-0.2, 0) is 19.6 Å². The number of sulfonamides is 1. The van der Waals surface area contributed by atoms with Crippen LogP contribution < -0.4 is 9.46 Å². The van der Waals surface area contributed by atoms with Crippen LogP contribution in [0.5, 0.6) is 5.88 Å². The third-order valence-corrected chi connectivity index (χ3v) is 5.46. The van der Waals surface area contributed by atoms with Gasteiger partial charge in [0.25, 0.3) is 10.0 Å². The van der Waals surface area contributed by atoms with Gasteiger partial charge in [0.05, 0.1) is 23.4 Å². The molecule has 0 bridgehead atoms. The molecule has 0 amide bonds. The van der Waals surface area contributed by atoms with Crippen molar-refractivity contribution >= 4 is 21.7 Å². The molecule has 1 aromatic heterocycles. The molecule has 0 saturated carbocycles. The predicted octanol–water partition coefficient (Wildman–Crippen LogP) is 3.11. The number of halogens is 1. The van der Waals surface area contributed by atoms with Crippen LogP contribution in [0.3, 0.4) is 0 Å². The molecule has 0 atom stereocenters. The second-order valence-electron chi connectivity index (χ2n) is 6.14. The number of ether oxygens (including phenoxy) is 2. The monoisotopic (exact) mass is 441 g/mol. The van der Waals surface area contributed by atoms with Crippen molar-refractivity contribution in [3.05, 3.63) is 72.0 Å². The van der Waals surface area contributed by atoms with Gasteiger partial charge >= 0.3 is 5.97 Å². The highest BCUT2D eigenvalue weighted by atomic mass is 32.2. The fourth-order valence-corrected chi connectivity index (χ4v) is 3.66. The fraction of sp³-hybridized carbons (Fsp3) is 0.0952. The summed E-state index contributed by atoms with van der Waals surface area (Å²) in [4.78, 5) is 15.6. The summed E-state index contributed by atoms with van der Waals surface area (Å²) in [6.07, 6.45) is 0. The minimum absolute atomic E-state index is 0.00424. The van der Waals surface area contributed by atoms with E-state index in [1.807, 2.05) is 6.07 Å². The first-order valence-electron chi connectivity index (χ1n) is 8.82. The molecule has 8 nitrogen and oxygen atoms in total. The maximum Gasteiger partial charge on any atom is 0.343 e. The van der Waals surface area contributed by atoms with Gasteiger partial charge in [-0.2, -0.15) is 5.26 Å². The fourth-order valence-electron chi connectivity index (χ4n) is 2.58. The number of nitriles is 1. The van der Waals surface area contributed by atoms with E-state index in [-0.39, 0.29) is 27.7 Å². The van der Waals surface area contributed by atoms with Gasteiger partial charge in [-0.05, 0) is 42.5 Å². The summed E-state index contributed by atoms with van der Waals surface area (Å²) in [5.41, 5.74) is 0.316. The number of pyridine rings is 1. The molecule has 0 radical (unpaired) electrons. The summed E-state index contributed by atoms with van der Waals surface area (Å²) in [5.74, 6) is -1.39. The van der Waals surface area contributed by atoms with E-state index in [4.69, 9.17) is 4.74 Å². The number of hydrogen-bond acceptors (Lipinski definition) is 7. The molecule has 10 heteroatoms. The molecule has 31 heavy (non-hydrogen) atoms. The lowest BCUT2D eigenvalue weighted by Gasteiger charge is -2.15. The summed E-state index contributed by atoms with van der Waals surface area (Å²) >= 11 is 0. The lowest BCUT2D eigenvalue weighted by Crippen LogP contribution is -2.16. The van der Waals surface area contributed by atoms with Gasteiger partial charge in [0.1, 0.15) is 17.4 Å². The Morgan fingerprint density at radius 3 is 2.45 bits per heavy atom. The van der Waals surface area contributed by atoms with Gasteiger partial charge in [-0.3, -0.25) is 4.72 Å². The van der Waals surface area contributed by atoms with Crippen LogP contribution in [0.1, 0.15) is 5.56 Å². The molecule has 3 aromatic rings. The number of benzene rings is 2. The summed E-state index contributed by atoms with van der Waals surface area (Å²) in [6.45, 7) is -0.504. The second-order valence-corrected chi connectivity index (χ2v) is 7.82. The van der Waals surface area contributed by atoms with Crippen LogP contribution in [0.25, 0.3) is 11.3 Å². The Balaban J connectivity index is 2.11. The van der Waals surface area contributed by atoms with E-state index in [2.05, 4.69) is 14.4 Å². The Kier molecular flexibility index (Phi) is 6.47. The molecule has 0 saturated heterocycles. The zero-order chi connectivity index (χ0) is 22.4. The highest BCUT2D eigenvalue weighted by Crippen LogP contribution is 2.33.